The molecule has 3 nitrogen and oxygen atoms in total. The van der Waals surface area contributed by atoms with Crippen molar-refractivity contribution in [1.82, 2.24) is 0 Å². The molecule has 0 atom stereocenters. The second-order valence-corrected chi connectivity index (χ2v) is 3.77. The summed E-state index contributed by atoms with van der Waals surface area (Å²) in [6, 6.07) is 11.2. The summed E-state index contributed by atoms with van der Waals surface area (Å²) in [6.07, 6.45) is 0. The maximum atomic E-state index is 9.45. The molecule has 0 saturated heterocycles. The fourth-order valence-corrected chi connectivity index (χ4v) is 1.61. The number of aliphatic hydroxyl groups is 1. The Labute approximate surface area is 108 Å². The largest absolute Gasteiger partial charge is 0.508 e. The molecule has 2 aromatic rings. The highest BCUT2D eigenvalue weighted by Gasteiger charge is 2.01. The van der Waals surface area contributed by atoms with Crippen LogP contribution in [-0.4, -0.2) is 23.4 Å². The van der Waals surface area contributed by atoms with Crippen molar-refractivity contribution < 1.29 is 14.9 Å². The third kappa shape index (κ3) is 4.02. The molecule has 0 unspecified atom stereocenters. The molecule has 98 valence electrons. The molecule has 3 heteroatoms. The van der Waals surface area contributed by atoms with Gasteiger partial charge in [-0.15, -0.1) is 0 Å². The molecule has 18 heavy (non-hydrogen) atoms. The first-order valence-corrected chi connectivity index (χ1v) is 6.12. The molecular formula is C15H20O3. The lowest BCUT2D eigenvalue weighted by atomic mass is 10.1. The van der Waals surface area contributed by atoms with Gasteiger partial charge in [0.25, 0.3) is 0 Å². The normalized spacial score (nSPS) is 9.94. The van der Waals surface area contributed by atoms with Crippen LogP contribution in [0.25, 0.3) is 10.8 Å². The van der Waals surface area contributed by atoms with E-state index in [4.69, 9.17) is 9.84 Å². The number of rotatable bonds is 3. The van der Waals surface area contributed by atoms with Gasteiger partial charge in [0.15, 0.2) is 0 Å². The van der Waals surface area contributed by atoms with E-state index in [-0.39, 0.29) is 12.4 Å². The maximum absolute atomic E-state index is 9.45. The SMILES string of the molecule is CCOCC.OCc1cc2ccccc2cc1O. The van der Waals surface area contributed by atoms with Gasteiger partial charge in [-0.2, -0.15) is 0 Å². The molecule has 0 spiro atoms. The summed E-state index contributed by atoms with van der Waals surface area (Å²) in [5.74, 6) is 0.154. The zero-order valence-electron chi connectivity index (χ0n) is 10.9. The number of hydrogen-bond donors (Lipinski definition) is 2. The summed E-state index contributed by atoms with van der Waals surface area (Å²) in [5.41, 5.74) is 0.568. The van der Waals surface area contributed by atoms with E-state index < -0.39 is 0 Å². The van der Waals surface area contributed by atoms with Crippen LogP contribution in [0.2, 0.25) is 0 Å². The second-order valence-electron chi connectivity index (χ2n) is 3.77. The highest BCUT2D eigenvalue weighted by Crippen LogP contribution is 2.24. The predicted molar refractivity (Wildman–Crippen MR) is 73.7 cm³/mol. The van der Waals surface area contributed by atoms with Crippen LogP contribution < -0.4 is 0 Å². The minimum Gasteiger partial charge on any atom is -0.508 e. The van der Waals surface area contributed by atoms with Crippen molar-refractivity contribution in [2.45, 2.75) is 20.5 Å². The van der Waals surface area contributed by atoms with E-state index in [9.17, 15) is 5.11 Å². The maximum Gasteiger partial charge on any atom is 0.121 e. The monoisotopic (exact) mass is 248 g/mol. The van der Waals surface area contributed by atoms with Crippen molar-refractivity contribution in [2.24, 2.45) is 0 Å². The van der Waals surface area contributed by atoms with Crippen LogP contribution in [0, 0.1) is 0 Å². The zero-order valence-corrected chi connectivity index (χ0v) is 10.9. The summed E-state index contributed by atoms with van der Waals surface area (Å²) in [6.45, 7) is 5.54. The number of phenols is 1. The van der Waals surface area contributed by atoms with E-state index in [2.05, 4.69) is 0 Å². The molecule has 2 N–H and O–H groups in total. The number of benzene rings is 2. The number of hydrogen-bond acceptors (Lipinski definition) is 3. The van der Waals surface area contributed by atoms with Crippen LogP contribution in [0.1, 0.15) is 19.4 Å². The van der Waals surface area contributed by atoms with Crippen molar-refractivity contribution in [3.8, 4) is 5.75 Å². The van der Waals surface area contributed by atoms with Gasteiger partial charge < -0.3 is 14.9 Å². The quantitative estimate of drug-likeness (QED) is 0.877. The minimum atomic E-state index is -0.128. The molecular weight excluding hydrogens is 228 g/mol. The van der Waals surface area contributed by atoms with Gasteiger partial charge in [-0.3, -0.25) is 0 Å². The molecule has 2 rings (SSSR count). The molecule has 2 aromatic carbocycles. The van der Waals surface area contributed by atoms with Crippen LogP contribution >= 0.6 is 0 Å². The third-order valence-electron chi connectivity index (χ3n) is 2.53. The molecule has 0 aliphatic carbocycles. The molecule has 0 aliphatic heterocycles. The standard InChI is InChI=1S/C11H10O2.C4H10O/c12-7-10-5-8-3-1-2-4-9(8)6-11(10)13;1-3-5-4-2/h1-6,12-13H,7H2;3-4H2,1-2H3. The summed E-state index contributed by atoms with van der Waals surface area (Å²) >= 11 is 0. The van der Waals surface area contributed by atoms with Crippen molar-refractivity contribution >= 4 is 10.8 Å². The fraction of sp³-hybridized carbons (Fsp3) is 0.333. The molecule has 0 saturated carbocycles. The average molecular weight is 248 g/mol. The van der Waals surface area contributed by atoms with Crippen molar-refractivity contribution in [3.63, 3.8) is 0 Å². The van der Waals surface area contributed by atoms with E-state index in [0.717, 1.165) is 24.0 Å². The lowest BCUT2D eigenvalue weighted by Crippen LogP contribution is -1.84. The van der Waals surface area contributed by atoms with E-state index >= 15 is 0 Å². The van der Waals surface area contributed by atoms with E-state index in [1.54, 1.807) is 12.1 Å². The van der Waals surface area contributed by atoms with Crippen molar-refractivity contribution in [3.05, 3.63) is 42.0 Å². The molecule has 0 bridgehead atoms. The topological polar surface area (TPSA) is 49.7 Å². The van der Waals surface area contributed by atoms with Gasteiger partial charge in [-0.1, -0.05) is 24.3 Å². The summed E-state index contributed by atoms with van der Waals surface area (Å²) < 4.78 is 4.83. The van der Waals surface area contributed by atoms with Gasteiger partial charge in [0.2, 0.25) is 0 Å². The highest BCUT2D eigenvalue weighted by molar-refractivity contribution is 5.84. The predicted octanol–water partition coefficient (Wildman–Crippen LogP) is 3.08. The van der Waals surface area contributed by atoms with Crippen LogP contribution in [-0.2, 0) is 11.3 Å². The molecule has 0 aromatic heterocycles. The van der Waals surface area contributed by atoms with E-state index in [1.807, 2.05) is 38.1 Å². The molecule has 0 amide bonds. The van der Waals surface area contributed by atoms with Crippen molar-refractivity contribution in [1.29, 1.82) is 0 Å². The van der Waals surface area contributed by atoms with Crippen LogP contribution in [0.4, 0.5) is 0 Å². The average Bonchev–Trinajstić information content (AvgIpc) is 2.39. The zero-order chi connectivity index (χ0) is 13.4. The van der Waals surface area contributed by atoms with Crippen LogP contribution in [0.5, 0.6) is 5.75 Å². The van der Waals surface area contributed by atoms with Crippen LogP contribution in [0.3, 0.4) is 0 Å². The summed E-state index contributed by atoms with van der Waals surface area (Å²) in [4.78, 5) is 0. The molecule has 0 aliphatic rings. The number of aliphatic hydroxyl groups excluding tert-OH is 1. The van der Waals surface area contributed by atoms with E-state index in [1.165, 1.54) is 0 Å². The van der Waals surface area contributed by atoms with Gasteiger partial charge in [-0.05, 0) is 36.8 Å². The molecule has 0 radical (unpaired) electrons. The summed E-state index contributed by atoms with van der Waals surface area (Å²) in [5, 5.41) is 20.4. The smallest absolute Gasteiger partial charge is 0.121 e. The Balaban J connectivity index is 0.000000280. The van der Waals surface area contributed by atoms with Crippen molar-refractivity contribution in [2.75, 3.05) is 13.2 Å². The van der Waals surface area contributed by atoms with Gasteiger partial charge >= 0.3 is 0 Å². The Morgan fingerprint density at radius 2 is 1.56 bits per heavy atom. The van der Waals surface area contributed by atoms with Gasteiger partial charge in [0, 0.05) is 18.8 Å². The Hall–Kier alpha value is -1.58. The Bertz CT molecular complexity index is 478. The second kappa shape index (κ2) is 7.69. The first kappa shape index (κ1) is 14.5. The van der Waals surface area contributed by atoms with Crippen LogP contribution in [0.15, 0.2) is 36.4 Å². The molecule has 0 fully saturated rings. The van der Waals surface area contributed by atoms with E-state index in [0.29, 0.717) is 5.56 Å². The van der Waals surface area contributed by atoms with Gasteiger partial charge in [-0.25, -0.2) is 0 Å². The highest BCUT2D eigenvalue weighted by atomic mass is 16.5. The Morgan fingerprint density at radius 3 is 2.00 bits per heavy atom. The van der Waals surface area contributed by atoms with Gasteiger partial charge in [0.05, 0.1) is 6.61 Å². The number of ether oxygens (including phenoxy) is 1. The molecule has 0 heterocycles. The lowest BCUT2D eigenvalue weighted by Gasteiger charge is -2.03. The van der Waals surface area contributed by atoms with Gasteiger partial charge in [0.1, 0.15) is 5.75 Å². The first-order valence-electron chi connectivity index (χ1n) is 6.12. The summed E-state index contributed by atoms with van der Waals surface area (Å²) in [7, 11) is 0. The Morgan fingerprint density at radius 1 is 1.00 bits per heavy atom. The fourth-order valence-electron chi connectivity index (χ4n) is 1.61. The lowest BCUT2D eigenvalue weighted by molar-refractivity contribution is 0.162. The minimum absolute atomic E-state index is 0.128. The third-order valence-corrected chi connectivity index (χ3v) is 2.53. The first-order chi connectivity index (χ1) is 8.72. The Kier molecular flexibility index (Phi) is 6.19. The number of aromatic hydroxyl groups is 1. The number of fused-ring (bicyclic) bond motifs is 1.